The number of methoxy groups -OCH3 is 1. The van der Waals surface area contributed by atoms with Gasteiger partial charge in [0.2, 0.25) is 0 Å². The Morgan fingerprint density at radius 1 is 1.36 bits per heavy atom. The monoisotopic (exact) mass is 303 g/mol. The van der Waals surface area contributed by atoms with Crippen molar-refractivity contribution in [3.63, 3.8) is 0 Å². The van der Waals surface area contributed by atoms with Gasteiger partial charge in [0.15, 0.2) is 0 Å². The van der Waals surface area contributed by atoms with E-state index in [0.29, 0.717) is 5.75 Å². The van der Waals surface area contributed by atoms with Gasteiger partial charge in [-0.3, -0.25) is 4.68 Å². The molecule has 1 unspecified atom stereocenters. The average molecular weight is 303 g/mol. The molecule has 120 valence electrons. The average Bonchev–Trinajstić information content (AvgIpc) is 2.81. The summed E-state index contributed by atoms with van der Waals surface area (Å²) in [6, 6.07) is 5.89. The zero-order chi connectivity index (χ0) is 16.3. The molecule has 0 bridgehead atoms. The number of hydrogen-bond donors (Lipinski definition) is 2. The lowest BCUT2D eigenvalue weighted by Crippen LogP contribution is -2.09. The van der Waals surface area contributed by atoms with Crippen LogP contribution in [0.2, 0.25) is 0 Å². The molecule has 0 aliphatic rings. The molecule has 0 saturated heterocycles. The Bertz CT molecular complexity index is 650. The molecule has 0 saturated carbocycles. The summed E-state index contributed by atoms with van der Waals surface area (Å²) < 4.78 is 7.26. The number of anilines is 1. The van der Waals surface area contributed by atoms with E-state index in [9.17, 15) is 5.11 Å². The molecule has 5 heteroatoms. The maximum atomic E-state index is 9.43. The highest BCUT2D eigenvalue weighted by Crippen LogP contribution is 2.28. The fourth-order valence-corrected chi connectivity index (χ4v) is 2.96. The topological polar surface area (TPSA) is 59.3 Å². The third kappa shape index (κ3) is 3.09. The van der Waals surface area contributed by atoms with Crippen molar-refractivity contribution in [1.29, 1.82) is 0 Å². The lowest BCUT2D eigenvalue weighted by Gasteiger charge is -2.18. The number of nitrogens with one attached hydrogen (secondary N) is 1. The lowest BCUT2D eigenvalue weighted by atomic mass is 10.1. The predicted molar refractivity (Wildman–Crippen MR) is 88.3 cm³/mol. The van der Waals surface area contributed by atoms with Crippen LogP contribution in [0.5, 0.6) is 5.75 Å². The van der Waals surface area contributed by atoms with Crippen LogP contribution in [0, 0.1) is 13.8 Å². The second kappa shape index (κ2) is 6.83. The summed E-state index contributed by atoms with van der Waals surface area (Å²) in [7, 11) is 1.61. The number of benzene rings is 1. The second-order valence-electron chi connectivity index (χ2n) is 5.45. The van der Waals surface area contributed by atoms with Gasteiger partial charge >= 0.3 is 0 Å². The number of ether oxygens (including phenoxy) is 1. The van der Waals surface area contributed by atoms with Gasteiger partial charge in [-0.1, -0.05) is 0 Å². The van der Waals surface area contributed by atoms with Crippen molar-refractivity contribution in [3.05, 3.63) is 40.7 Å². The molecule has 0 fully saturated rings. The van der Waals surface area contributed by atoms with E-state index in [4.69, 9.17) is 4.74 Å². The molecule has 1 heterocycles. The number of aliphatic hydroxyl groups excluding tert-OH is 1. The minimum atomic E-state index is -0.0428. The Hall–Kier alpha value is -2.01. The molecule has 5 nitrogen and oxygen atoms in total. The standard InChI is InChI=1S/C17H25N3O2/c1-6-20-13(4)17(12(3)19-20)11(2)18-15-7-8-16(22-5)14(9-15)10-21/h7-9,11,18,21H,6,10H2,1-5H3. The predicted octanol–water partition coefficient (Wildman–Crippen LogP) is 3.19. The fourth-order valence-electron chi connectivity index (χ4n) is 2.96. The van der Waals surface area contributed by atoms with Gasteiger partial charge in [0.05, 0.1) is 25.5 Å². The summed E-state index contributed by atoms with van der Waals surface area (Å²) in [5.41, 5.74) is 5.20. The van der Waals surface area contributed by atoms with Gasteiger partial charge < -0.3 is 15.2 Å². The minimum Gasteiger partial charge on any atom is -0.496 e. The number of hydrogen-bond acceptors (Lipinski definition) is 4. The second-order valence-corrected chi connectivity index (χ2v) is 5.45. The Balaban J connectivity index is 2.25. The lowest BCUT2D eigenvalue weighted by molar-refractivity contribution is 0.274. The van der Waals surface area contributed by atoms with Gasteiger partial charge in [0.1, 0.15) is 5.75 Å². The fraction of sp³-hybridized carbons (Fsp3) is 0.471. The number of aryl methyl sites for hydroxylation is 2. The van der Waals surface area contributed by atoms with Crippen molar-refractivity contribution in [2.24, 2.45) is 0 Å². The summed E-state index contributed by atoms with van der Waals surface area (Å²) in [5.74, 6) is 0.701. The highest BCUT2D eigenvalue weighted by atomic mass is 16.5. The van der Waals surface area contributed by atoms with Crippen molar-refractivity contribution < 1.29 is 9.84 Å². The van der Waals surface area contributed by atoms with Crippen molar-refractivity contribution in [2.75, 3.05) is 12.4 Å². The molecule has 22 heavy (non-hydrogen) atoms. The van der Waals surface area contributed by atoms with Crippen LogP contribution >= 0.6 is 0 Å². The van der Waals surface area contributed by atoms with Gasteiger partial charge in [0, 0.05) is 29.1 Å². The van der Waals surface area contributed by atoms with E-state index in [1.54, 1.807) is 7.11 Å². The molecule has 1 aromatic carbocycles. The van der Waals surface area contributed by atoms with Gasteiger partial charge in [0.25, 0.3) is 0 Å². The van der Waals surface area contributed by atoms with Gasteiger partial charge in [-0.25, -0.2) is 0 Å². The molecule has 1 atom stereocenters. The molecule has 0 aliphatic carbocycles. The SMILES string of the molecule is CCn1nc(C)c(C(C)Nc2ccc(OC)c(CO)c2)c1C. The first-order valence-electron chi connectivity index (χ1n) is 7.60. The molecule has 0 spiro atoms. The third-order valence-corrected chi connectivity index (χ3v) is 4.00. The Morgan fingerprint density at radius 3 is 2.64 bits per heavy atom. The van der Waals surface area contributed by atoms with Gasteiger partial charge in [-0.15, -0.1) is 0 Å². The van der Waals surface area contributed by atoms with Crippen molar-refractivity contribution >= 4 is 5.69 Å². The molecule has 2 N–H and O–H groups in total. The van der Waals surface area contributed by atoms with E-state index < -0.39 is 0 Å². The van der Waals surface area contributed by atoms with Gasteiger partial charge in [-0.05, 0) is 45.9 Å². The summed E-state index contributed by atoms with van der Waals surface area (Å²) >= 11 is 0. The number of rotatable bonds is 6. The smallest absolute Gasteiger partial charge is 0.124 e. The van der Waals surface area contributed by atoms with E-state index in [2.05, 4.69) is 31.2 Å². The molecule has 0 amide bonds. The number of aromatic nitrogens is 2. The maximum Gasteiger partial charge on any atom is 0.124 e. The van der Waals surface area contributed by atoms with Crippen LogP contribution in [0.4, 0.5) is 5.69 Å². The largest absolute Gasteiger partial charge is 0.496 e. The van der Waals surface area contributed by atoms with E-state index in [1.807, 2.05) is 29.8 Å². The quantitative estimate of drug-likeness (QED) is 0.860. The highest BCUT2D eigenvalue weighted by Gasteiger charge is 2.17. The first kappa shape index (κ1) is 16.4. The van der Waals surface area contributed by atoms with Crippen molar-refractivity contribution in [3.8, 4) is 5.75 Å². The summed E-state index contributed by atoms with van der Waals surface area (Å²) in [6.07, 6.45) is 0. The number of aliphatic hydroxyl groups is 1. The van der Waals surface area contributed by atoms with Crippen LogP contribution in [-0.2, 0) is 13.2 Å². The molecule has 2 rings (SSSR count). The Labute approximate surface area is 131 Å². The summed E-state index contributed by atoms with van der Waals surface area (Å²) in [4.78, 5) is 0. The van der Waals surface area contributed by atoms with E-state index >= 15 is 0 Å². The van der Waals surface area contributed by atoms with Crippen LogP contribution in [-0.4, -0.2) is 22.0 Å². The Kier molecular flexibility index (Phi) is 5.08. The molecule has 0 radical (unpaired) electrons. The molecular weight excluding hydrogens is 278 g/mol. The molecular formula is C17H25N3O2. The summed E-state index contributed by atoms with van der Waals surface area (Å²) in [5, 5.41) is 17.5. The minimum absolute atomic E-state index is 0.0428. The normalized spacial score (nSPS) is 12.3. The third-order valence-electron chi connectivity index (χ3n) is 4.00. The van der Waals surface area contributed by atoms with Crippen LogP contribution in [0.1, 0.15) is 42.4 Å². The zero-order valence-corrected chi connectivity index (χ0v) is 14.0. The highest BCUT2D eigenvalue weighted by molar-refractivity contribution is 5.52. The molecule has 2 aromatic rings. The maximum absolute atomic E-state index is 9.43. The van der Waals surface area contributed by atoms with Crippen LogP contribution < -0.4 is 10.1 Å². The first-order chi connectivity index (χ1) is 10.5. The van der Waals surface area contributed by atoms with Crippen molar-refractivity contribution in [1.82, 2.24) is 9.78 Å². The first-order valence-corrected chi connectivity index (χ1v) is 7.60. The zero-order valence-electron chi connectivity index (χ0n) is 14.0. The van der Waals surface area contributed by atoms with Crippen LogP contribution in [0.15, 0.2) is 18.2 Å². The summed E-state index contributed by atoms with van der Waals surface area (Å²) in [6.45, 7) is 9.19. The van der Waals surface area contributed by atoms with E-state index in [0.717, 1.165) is 23.5 Å². The van der Waals surface area contributed by atoms with Crippen molar-refractivity contribution in [2.45, 2.75) is 46.9 Å². The van der Waals surface area contributed by atoms with Gasteiger partial charge in [-0.2, -0.15) is 5.10 Å². The molecule has 0 aliphatic heterocycles. The van der Waals surface area contributed by atoms with E-state index in [1.165, 1.54) is 11.3 Å². The van der Waals surface area contributed by atoms with Crippen LogP contribution in [0.25, 0.3) is 0 Å². The van der Waals surface area contributed by atoms with E-state index in [-0.39, 0.29) is 12.6 Å². The Morgan fingerprint density at radius 2 is 2.09 bits per heavy atom. The molecule has 1 aromatic heterocycles. The van der Waals surface area contributed by atoms with Crippen LogP contribution in [0.3, 0.4) is 0 Å². The number of nitrogens with zero attached hydrogens (tertiary/aromatic N) is 2.